The summed E-state index contributed by atoms with van der Waals surface area (Å²) in [6.45, 7) is 6.92. The van der Waals surface area contributed by atoms with Gasteiger partial charge in [0.2, 0.25) is 0 Å². The average molecular weight is 260 g/mol. The van der Waals surface area contributed by atoms with Crippen molar-refractivity contribution < 1.29 is 9.50 Å². The van der Waals surface area contributed by atoms with Crippen LogP contribution >= 0.6 is 11.6 Å². The standard InChI is InChI=1S/C13H19ClFNO/c1-13(2,3)12(17)8-16-7-9-4-5-10(14)11(15)6-9/h4-6,12,16-17H,7-8H2,1-3H3. The number of aliphatic hydroxyl groups is 1. The largest absolute Gasteiger partial charge is 0.391 e. The highest BCUT2D eigenvalue weighted by molar-refractivity contribution is 6.30. The number of aliphatic hydroxyl groups excluding tert-OH is 1. The van der Waals surface area contributed by atoms with Gasteiger partial charge in [0.1, 0.15) is 5.82 Å². The minimum Gasteiger partial charge on any atom is -0.391 e. The fourth-order valence-electron chi connectivity index (χ4n) is 1.31. The molecule has 0 spiro atoms. The van der Waals surface area contributed by atoms with Gasteiger partial charge >= 0.3 is 0 Å². The molecule has 0 aliphatic rings. The topological polar surface area (TPSA) is 32.3 Å². The molecule has 1 aromatic carbocycles. The predicted octanol–water partition coefficient (Wildman–Crippen LogP) is 2.98. The summed E-state index contributed by atoms with van der Waals surface area (Å²) >= 11 is 5.59. The van der Waals surface area contributed by atoms with Crippen LogP contribution in [-0.4, -0.2) is 17.8 Å². The molecule has 1 rings (SSSR count). The molecule has 96 valence electrons. The maximum absolute atomic E-state index is 13.1. The summed E-state index contributed by atoms with van der Waals surface area (Å²) in [7, 11) is 0. The molecule has 0 aliphatic heterocycles. The molecule has 0 bridgehead atoms. The molecule has 0 heterocycles. The van der Waals surface area contributed by atoms with Crippen molar-refractivity contribution in [2.45, 2.75) is 33.4 Å². The lowest BCUT2D eigenvalue weighted by Crippen LogP contribution is -2.36. The zero-order valence-electron chi connectivity index (χ0n) is 10.4. The van der Waals surface area contributed by atoms with Gasteiger partial charge in [-0.1, -0.05) is 38.4 Å². The summed E-state index contributed by atoms with van der Waals surface area (Å²) in [5.41, 5.74) is 0.658. The Hall–Kier alpha value is -0.640. The molecular weight excluding hydrogens is 241 g/mol. The van der Waals surface area contributed by atoms with Gasteiger partial charge in [0.05, 0.1) is 11.1 Å². The van der Waals surface area contributed by atoms with Crippen molar-refractivity contribution in [2.75, 3.05) is 6.54 Å². The van der Waals surface area contributed by atoms with Gasteiger partial charge in [-0.05, 0) is 23.1 Å². The molecule has 17 heavy (non-hydrogen) atoms. The van der Waals surface area contributed by atoms with Crippen LogP contribution in [0.2, 0.25) is 5.02 Å². The van der Waals surface area contributed by atoms with Crippen LogP contribution in [0.1, 0.15) is 26.3 Å². The van der Waals surface area contributed by atoms with Crippen LogP contribution < -0.4 is 5.32 Å². The second kappa shape index (κ2) is 5.80. The molecule has 2 nitrogen and oxygen atoms in total. The lowest BCUT2D eigenvalue weighted by molar-refractivity contribution is 0.0627. The second-order valence-corrected chi connectivity index (χ2v) is 5.67. The maximum Gasteiger partial charge on any atom is 0.142 e. The molecule has 0 amide bonds. The number of halogens is 2. The highest BCUT2D eigenvalue weighted by Gasteiger charge is 2.21. The van der Waals surface area contributed by atoms with Crippen LogP contribution in [0.25, 0.3) is 0 Å². The third-order valence-electron chi connectivity index (χ3n) is 2.65. The molecular formula is C13H19ClFNO. The van der Waals surface area contributed by atoms with E-state index in [1.807, 2.05) is 20.8 Å². The summed E-state index contributed by atoms with van der Waals surface area (Å²) in [6.07, 6.45) is -0.431. The number of rotatable bonds is 4. The first-order chi connectivity index (χ1) is 7.80. The van der Waals surface area contributed by atoms with E-state index in [4.69, 9.17) is 11.6 Å². The summed E-state index contributed by atoms with van der Waals surface area (Å²) in [6, 6.07) is 4.70. The molecule has 0 saturated carbocycles. The van der Waals surface area contributed by atoms with Gasteiger partial charge in [0.15, 0.2) is 0 Å². The normalized spacial score (nSPS) is 13.8. The quantitative estimate of drug-likeness (QED) is 0.871. The molecule has 1 unspecified atom stereocenters. The minimum absolute atomic E-state index is 0.128. The molecule has 0 aliphatic carbocycles. The van der Waals surface area contributed by atoms with Gasteiger partial charge in [-0.15, -0.1) is 0 Å². The van der Waals surface area contributed by atoms with E-state index < -0.39 is 11.9 Å². The molecule has 2 N–H and O–H groups in total. The average Bonchev–Trinajstić information content (AvgIpc) is 2.22. The van der Waals surface area contributed by atoms with E-state index in [1.165, 1.54) is 12.1 Å². The monoisotopic (exact) mass is 259 g/mol. The molecule has 0 fully saturated rings. The zero-order valence-corrected chi connectivity index (χ0v) is 11.2. The Morgan fingerprint density at radius 2 is 2.06 bits per heavy atom. The first kappa shape index (κ1) is 14.4. The smallest absolute Gasteiger partial charge is 0.142 e. The van der Waals surface area contributed by atoms with E-state index >= 15 is 0 Å². The summed E-state index contributed by atoms with van der Waals surface area (Å²) in [5.74, 6) is -0.415. The van der Waals surface area contributed by atoms with Gasteiger partial charge in [0.25, 0.3) is 0 Å². The van der Waals surface area contributed by atoms with Gasteiger partial charge in [-0.25, -0.2) is 4.39 Å². The highest BCUT2D eigenvalue weighted by Crippen LogP contribution is 2.18. The SMILES string of the molecule is CC(C)(C)C(O)CNCc1ccc(Cl)c(F)c1. The first-order valence-electron chi connectivity index (χ1n) is 5.63. The van der Waals surface area contributed by atoms with Crippen molar-refractivity contribution in [2.24, 2.45) is 5.41 Å². The molecule has 4 heteroatoms. The van der Waals surface area contributed by atoms with Crippen LogP contribution in [0.15, 0.2) is 18.2 Å². The molecule has 0 aromatic heterocycles. The maximum atomic E-state index is 13.1. The Bertz CT molecular complexity index is 376. The Balaban J connectivity index is 2.44. The Labute approximate surface area is 107 Å². The highest BCUT2D eigenvalue weighted by atomic mass is 35.5. The minimum atomic E-state index is -0.431. The van der Waals surface area contributed by atoms with Crippen molar-refractivity contribution in [3.63, 3.8) is 0 Å². The number of hydrogen-bond acceptors (Lipinski definition) is 2. The van der Waals surface area contributed by atoms with Crippen LogP contribution in [0.5, 0.6) is 0 Å². The van der Waals surface area contributed by atoms with Crippen molar-refractivity contribution in [3.05, 3.63) is 34.6 Å². The van der Waals surface area contributed by atoms with Crippen molar-refractivity contribution in [3.8, 4) is 0 Å². The lowest BCUT2D eigenvalue weighted by atomic mass is 9.89. The molecule has 1 aromatic rings. The fourth-order valence-corrected chi connectivity index (χ4v) is 1.43. The van der Waals surface area contributed by atoms with Gasteiger partial charge < -0.3 is 10.4 Å². The number of hydrogen-bond donors (Lipinski definition) is 2. The van der Waals surface area contributed by atoms with Crippen molar-refractivity contribution in [1.29, 1.82) is 0 Å². The van der Waals surface area contributed by atoms with Gasteiger partial charge in [-0.2, -0.15) is 0 Å². The first-order valence-corrected chi connectivity index (χ1v) is 6.01. The Kier molecular flexibility index (Phi) is 4.92. The van der Waals surface area contributed by atoms with Crippen molar-refractivity contribution >= 4 is 11.6 Å². The summed E-state index contributed by atoms with van der Waals surface area (Å²) in [5, 5.41) is 13.0. The Morgan fingerprint density at radius 3 is 2.59 bits per heavy atom. The molecule has 0 saturated heterocycles. The van der Waals surface area contributed by atoms with Crippen LogP contribution in [0.4, 0.5) is 4.39 Å². The molecule has 0 radical (unpaired) electrons. The van der Waals surface area contributed by atoms with E-state index in [0.717, 1.165) is 5.56 Å². The summed E-state index contributed by atoms with van der Waals surface area (Å²) < 4.78 is 13.1. The third kappa shape index (κ3) is 4.62. The van der Waals surface area contributed by atoms with E-state index in [1.54, 1.807) is 6.07 Å². The summed E-state index contributed by atoms with van der Waals surface area (Å²) in [4.78, 5) is 0. The molecule has 1 atom stereocenters. The van der Waals surface area contributed by atoms with Crippen LogP contribution in [-0.2, 0) is 6.54 Å². The number of benzene rings is 1. The second-order valence-electron chi connectivity index (χ2n) is 5.26. The third-order valence-corrected chi connectivity index (χ3v) is 2.96. The van der Waals surface area contributed by atoms with E-state index in [9.17, 15) is 9.50 Å². The van der Waals surface area contributed by atoms with E-state index in [0.29, 0.717) is 13.1 Å². The Morgan fingerprint density at radius 1 is 1.41 bits per heavy atom. The van der Waals surface area contributed by atoms with Crippen molar-refractivity contribution in [1.82, 2.24) is 5.32 Å². The van der Waals surface area contributed by atoms with E-state index in [2.05, 4.69) is 5.32 Å². The van der Waals surface area contributed by atoms with Gasteiger partial charge in [0, 0.05) is 13.1 Å². The van der Waals surface area contributed by atoms with Gasteiger partial charge in [-0.3, -0.25) is 0 Å². The lowest BCUT2D eigenvalue weighted by Gasteiger charge is -2.26. The fraction of sp³-hybridized carbons (Fsp3) is 0.538. The predicted molar refractivity (Wildman–Crippen MR) is 68.6 cm³/mol. The zero-order chi connectivity index (χ0) is 13.1. The number of nitrogens with one attached hydrogen (secondary N) is 1. The van der Waals surface area contributed by atoms with Crippen LogP contribution in [0, 0.1) is 11.2 Å². The van der Waals surface area contributed by atoms with Crippen LogP contribution in [0.3, 0.4) is 0 Å². The van der Waals surface area contributed by atoms with E-state index in [-0.39, 0.29) is 10.4 Å².